The Bertz CT molecular complexity index is 863. The second kappa shape index (κ2) is 7.83. The lowest BCUT2D eigenvalue weighted by atomic mass is 9.99. The maximum Gasteiger partial charge on any atom is 0.325 e. The van der Waals surface area contributed by atoms with Crippen molar-refractivity contribution in [1.29, 1.82) is 0 Å². The van der Waals surface area contributed by atoms with Gasteiger partial charge in [-0.05, 0) is 30.4 Å². The number of carboxylic acid groups (broad SMARTS) is 1. The number of carboxylic acids is 1. The van der Waals surface area contributed by atoms with Crippen LogP contribution in [0.3, 0.4) is 0 Å². The summed E-state index contributed by atoms with van der Waals surface area (Å²) in [5.74, 6) is -1.67. The fourth-order valence-electron chi connectivity index (χ4n) is 3.15. The van der Waals surface area contributed by atoms with Crippen LogP contribution in [0.25, 0.3) is 0 Å². The van der Waals surface area contributed by atoms with Crippen molar-refractivity contribution in [2.75, 3.05) is 13.1 Å². The van der Waals surface area contributed by atoms with Gasteiger partial charge in [-0.1, -0.05) is 24.3 Å². The van der Waals surface area contributed by atoms with Crippen molar-refractivity contribution < 1.29 is 22.7 Å². The molecular weight excluding hydrogens is 379 g/mol. The van der Waals surface area contributed by atoms with Gasteiger partial charge in [-0.2, -0.15) is 0 Å². The van der Waals surface area contributed by atoms with Gasteiger partial charge >= 0.3 is 5.97 Å². The van der Waals surface area contributed by atoms with E-state index < -0.39 is 27.9 Å². The predicted molar refractivity (Wildman–Crippen MR) is 96.0 cm³/mol. The van der Waals surface area contributed by atoms with Gasteiger partial charge in [0, 0.05) is 24.7 Å². The summed E-state index contributed by atoms with van der Waals surface area (Å²) in [6, 6.07) is 7.71. The van der Waals surface area contributed by atoms with E-state index in [0.717, 1.165) is 11.3 Å². The van der Waals surface area contributed by atoms with Crippen molar-refractivity contribution in [2.45, 2.75) is 29.1 Å². The van der Waals surface area contributed by atoms with Crippen LogP contribution < -0.4 is 4.72 Å². The third kappa shape index (κ3) is 4.12. The number of hydrogen-bond acceptors (Lipinski definition) is 5. The van der Waals surface area contributed by atoms with Crippen molar-refractivity contribution in [1.82, 2.24) is 9.62 Å². The van der Waals surface area contributed by atoms with Crippen LogP contribution >= 0.6 is 11.3 Å². The fourth-order valence-corrected chi connectivity index (χ4v) is 5.47. The molecule has 0 spiro atoms. The number of hydrogen-bond donors (Lipinski definition) is 2. The van der Waals surface area contributed by atoms with E-state index in [9.17, 15) is 22.7 Å². The molecule has 140 valence electrons. The Morgan fingerprint density at radius 1 is 1.23 bits per heavy atom. The van der Waals surface area contributed by atoms with E-state index in [0.29, 0.717) is 25.9 Å². The van der Waals surface area contributed by atoms with E-state index in [2.05, 4.69) is 4.72 Å². The number of nitrogens with zero attached hydrogens (tertiary/aromatic N) is 1. The van der Waals surface area contributed by atoms with Crippen LogP contribution in [0.4, 0.5) is 4.39 Å². The molecule has 1 saturated heterocycles. The van der Waals surface area contributed by atoms with Crippen molar-refractivity contribution in [3.63, 3.8) is 0 Å². The Hall–Kier alpha value is -1.81. The minimum absolute atomic E-state index is 0.123. The molecule has 1 unspecified atom stereocenters. The van der Waals surface area contributed by atoms with Crippen LogP contribution in [0.2, 0.25) is 0 Å². The monoisotopic (exact) mass is 398 g/mol. The Morgan fingerprint density at radius 2 is 1.92 bits per heavy atom. The Morgan fingerprint density at radius 3 is 2.50 bits per heavy atom. The topological polar surface area (TPSA) is 86.7 Å². The third-order valence-corrected chi connectivity index (χ3v) is 7.33. The maximum atomic E-state index is 14.0. The van der Waals surface area contributed by atoms with Crippen LogP contribution in [0.1, 0.15) is 24.4 Å². The van der Waals surface area contributed by atoms with Crippen LogP contribution in [-0.4, -0.2) is 43.5 Å². The van der Waals surface area contributed by atoms with Gasteiger partial charge in [0.15, 0.2) is 0 Å². The van der Waals surface area contributed by atoms with E-state index in [1.54, 1.807) is 28.5 Å². The second-order valence-corrected chi connectivity index (χ2v) is 9.01. The third-order valence-electron chi connectivity index (χ3n) is 4.41. The normalized spacial score (nSPS) is 17.9. The summed E-state index contributed by atoms with van der Waals surface area (Å²) in [5.41, 5.74) is 0.123. The molecule has 1 atom stereocenters. The Balaban J connectivity index is 1.67. The number of likely N-dealkylation sites (tertiary alicyclic amines) is 1. The average Bonchev–Trinajstić information content (AvgIpc) is 3.13. The number of rotatable bonds is 6. The quantitative estimate of drug-likeness (QED) is 0.781. The van der Waals surface area contributed by atoms with Gasteiger partial charge in [0.1, 0.15) is 16.1 Å². The number of halogens is 1. The molecule has 1 aliphatic rings. The highest BCUT2D eigenvalue weighted by molar-refractivity contribution is 7.91. The van der Waals surface area contributed by atoms with E-state index >= 15 is 0 Å². The molecule has 1 fully saturated rings. The summed E-state index contributed by atoms with van der Waals surface area (Å²) in [4.78, 5) is 13.4. The molecule has 2 N–H and O–H groups in total. The summed E-state index contributed by atoms with van der Waals surface area (Å²) in [6.07, 6.45) is 0.922. The van der Waals surface area contributed by atoms with Crippen molar-refractivity contribution >= 4 is 27.3 Å². The SMILES string of the molecule is O=C(O)C(c1ccccc1F)N1CCC(NS(=O)(=O)c2cccs2)CC1. The minimum atomic E-state index is -3.56. The van der Waals surface area contributed by atoms with E-state index in [4.69, 9.17) is 0 Å². The standard InChI is InChI=1S/C17H19FN2O4S2/c18-14-5-2-1-4-13(14)16(17(21)22)20-9-7-12(8-10-20)19-26(23,24)15-6-3-11-25-15/h1-6,11-12,16,19H,7-10H2,(H,21,22). The van der Waals surface area contributed by atoms with Crippen molar-refractivity contribution in [3.8, 4) is 0 Å². The number of piperidine rings is 1. The lowest BCUT2D eigenvalue weighted by Gasteiger charge is -2.35. The first-order valence-electron chi connectivity index (χ1n) is 8.15. The molecule has 6 nitrogen and oxygen atoms in total. The first kappa shape index (κ1) is 19.0. The Labute approximate surface area is 155 Å². The smallest absolute Gasteiger partial charge is 0.325 e. The first-order valence-corrected chi connectivity index (χ1v) is 10.5. The van der Waals surface area contributed by atoms with Gasteiger partial charge in [0.05, 0.1) is 0 Å². The van der Waals surface area contributed by atoms with Gasteiger partial charge < -0.3 is 5.11 Å². The maximum absolute atomic E-state index is 14.0. The molecule has 0 radical (unpaired) electrons. The molecule has 2 heterocycles. The minimum Gasteiger partial charge on any atom is -0.480 e. The number of thiophene rings is 1. The van der Waals surface area contributed by atoms with Gasteiger partial charge in [-0.3, -0.25) is 9.69 Å². The molecule has 0 amide bonds. The van der Waals surface area contributed by atoms with Crippen molar-refractivity contribution in [3.05, 3.63) is 53.2 Å². The molecule has 0 saturated carbocycles. The molecule has 3 rings (SSSR count). The highest BCUT2D eigenvalue weighted by Gasteiger charge is 2.33. The summed E-state index contributed by atoms with van der Waals surface area (Å²) in [6.45, 7) is 0.728. The van der Waals surface area contributed by atoms with Crippen LogP contribution in [0, 0.1) is 5.82 Å². The molecule has 1 aliphatic heterocycles. The van der Waals surface area contributed by atoms with Gasteiger partial charge in [0.2, 0.25) is 10.0 Å². The van der Waals surface area contributed by atoms with Gasteiger partial charge in [-0.25, -0.2) is 17.5 Å². The summed E-state index contributed by atoms with van der Waals surface area (Å²) in [7, 11) is -3.56. The highest BCUT2D eigenvalue weighted by Crippen LogP contribution is 2.27. The summed E-state index contributed by atoms with van der Waals surface area (Å²) >= 11 is 1.15. The molecule has 26 heavy (non-hydrogen) atoms. The zero-order valence-corrected chi connectivity index (χ0v) is 15.5. The fraction of sp³-hybridized carbons (Fsp3) is 0.353. The molecule has 2 aromatic rings. The predicted octanol–water partition coefficient (Wildman–Crippen LogP) is 2.46. The molecule has 1 aromatic carbocycles. The number of sulfonamides is 1. The molecule has 9 heteroatoms. The highest BCUT2D eigenvalue weighted by atomic mass is 32.2. The Kier molecular flexibility index (Phi) is 5.71. The average molecular weight is 398 g/mol. The zero-order valence-electron chi connectivity index (χ0n) is 13.8. The molecule has 0 bridgehead atoms. The van der Waals surface area contributed by atoms with Gasteiger partial charge in [-0.15, -0.1) is 11.3 Å². The lowest BCUT2D eigenvalue weighted by molar-refractivity contribution is -0.144. The zero-order chi connectivity index (χ0) is 18.7. The largest absolute Gasteiger partial charge is 0.480 e. The summed E-state index contributed by atoms with van der Waals surface area (Å²) in [5, 5.41) is 11.3. The molecular formula is C17H19FN2O4S2. The van der Waals surface area contributed by atoms with Gasteiger partial charge in [0.25, 0.3) is 0 Å². The van der Waals surface area contributed by atoms with E-state index in [1.165, 1.54) is 18.2 Å². The summed E-state index contributed by atoms with van der Waals surface area (Å²) < 4.78 is 41.5. The van der Waals surface area contributed by atoms with Crippen LogP contribution in [-0.2, 0) is 14.8 Å². The lowest BCUT2D eigenvalue weighted by Crippen LogP contribution is -2.47. The van der Waals surface area contributed by atoms with E-state index in [-0.39, 0.29) is 15.8 Å². The van der Waals surface area contributed by atoms with E-state index in [1.807, 2.05) is 0 Å². The molecule has 0 aliphatic carbocycles. The first-order chi connectivity index (χ1) is 12.4. The van der Waals surface area contributed by atoms with Crippen LogP contribution in [0.5, 0.6) is 0 Å². The van der Waals surface area contributed by atoms with Crippen LogP contribution in [0.15, 0.2) is 46.0 Å². The van der Waals surface area contributed by atoms with Crippen molar-refractivity contribution in [2.24, 2.45) is 0 Å². The number of benzene rings is 1. The number of aliphatic carboxylic acids is 1. The molecule has 1 aromatic heterocycles. The number of nitrogens with one attached hydrogen (secondary N) is 1. The number of carbonyl (C=O) groups is 1. The second-order valence-electron chi connectivity index (χ2n) is 6.13.